The summed E-state index contributed by atoms with van der Waals surface area (Å²) in [5, 5.41) is 1.19. The first-order valence-electron chi connectivity index (χ1n) is 10.6. The lowest BCUT2D eigenvalue weighted by molar-refractivity contribution is -0.119. The molecule has 0 spiro atoms. The first kappa shape index (κ1) is 19.8. The molecule has 1 saturated heterocycles. The summed E-state index contributed by atoms with van der Waals surface area (Å²) in [6.07, 6.45) is 8.42. The number of nitrogens with zero attached hydrogens (tertiary/aromatic N) is 1. The third-order valence-corrected chi connectivity index (χ3v) is 5.84. The van der Waals surface area contributed by atoms with Crippen molar-refractivity contribution in [2.45, 2.75) is 57.6 Å². The van der Waals surface area contributed by atoms with E-state index in [0.29, 0.717) is 30.7 Å². The SMILES string of the molecule is O=C(CCCc1cn(Cc2ccccc2F)c2ccccc12)CCC1CCCO1. The topological polar surface area (TPSA) is 31.2 Å². The Morgan fingerprint density at radius 2 is 1.90 bits per heavy atom. The molecular formula is C25H28FNO2. The van der Waals surface area contributed by atoms with Crippen LogP contribution in [0.5, 0.6) is 0 Å². The Balaban J connectivity index is 1.38. The van der Waals surface area contributed by atoms with Gasteiger partial charge in [-0.1, -0.05) is 36.4 Å². The number of Topliss-reactive ketones (excluding diaryl/α,β-unsaturated/α-hetero) is 1. The summed E-state index contributed by atoms with van der Waals surface area (Å²) in [5.74, 6) is 0.152. The van der Waals surface area contributed by atoms with Crippen LogP contribution in [0.3, 0.4) is 0 Å². The number of carbonyl (C=O) groups excluding carboxylic acids is 1. The maximum absolute atomic E-state index is 14.1. The molecule has 4 heteroatoms. The van der Waals surface area contributed by atoms with Crippen molar-refractivity contribution in [2.75, 3.05) is 6.61 Å². The minimum atomic E-state index is -0.177. The normalized spacial score (nSPS) is 16.5. The van der Waals surface area contributed by atoms with Crippen molar-refractivity contribution in [1.29, 1.82) is 0 Å². The van der Waals surface area contributed by atoms with Crippen LogP contribution >= 0.6 is 0 Å². The number of fused-ring (bicyclic) bond motifs is 1. The van der Waals surface area contributed by atoms with E-state index >= 15 is 0 Å². The minimum Gasteiger partial charge on any atom is -0.378 e. The van der Waals surface area contributed by atoms with E-state index in [2.05, 4.69) is 22.9 Å². The highest BCUT2D eigenvalue weighted by atomic mass is 19.1. The monoisotopic (exact) mass is 393 g/mol. The van der Waals surface area contributed by atoms with Crippen molar-refractivity contribution in [1.82, 2.24) is 4.57 Å². The predicted octanol–water partition coefficient (Wildman–Crippen LogP) is 5.68. The second-order valence-corrected chi connectivity index (χ2v) is 7.96. The Bertz CT molecular complexity index is 972. The average Bonchev–Trinajstić information content (AvgIpc) is 3.37. The molecule has 0 amide bonds. The fourth-order valence-corrected chi connectivity index (χ4v) is 4.26. The molecule has 0 bridgehead atoms. The molecule has 0 radical (unpaired) electrons. The van der Waals surface area contributed by atoms with Crippen molar-refractivity contribution in [3.05, 3.63) is 71.7 Å². The first-order chi connectivity index (χ1) is 14.2. The van der Waals surface area contributed by atoms with E-state index in [4.69, 9.17) is 4.74 Å². The van der Waals surface area contributed by atoms with E-state index in [9.17, 15) is 9.18 Å². The molecule has 1 aliphatic rings. The molecule has 152 valence electrons. The maximum atomic E-state index is 14.1. The molecule has 29 heavy (non-hydrogen) atoms. The molecule has 0 saturated carbocycles. The van der Waals surface area contributed by atoms with E-state index in [-0.39, 0.29) is 11.9 Å². The number of ether oxygens (including phenoxy) is 1. The highest BCUT2D eigenvalue weighted by Gasteiger charge is 2.17. The van der Waals surface area contributed by atoms with Gasteiger partial charge in [-0.25, -0.2) is 4.39 Å². The Kier molecular flexibility index (Phi) is 6.40. The Labute approximate surface area is 171 Å². The van der Waals surface area contributed by atoms with Gasteiger partial charge in [-0.3, -0.25) is 4.79 Å². The van der Waals surface area contributed by atoms with Gasteiger partial charge >= 0.3 is 0 Å². The number of halogens is 1. The number of rotatable bonds is 9. The largest absolute Gasteiger partial charge is 0.378 e. The number of carbonyl (C=O) groups is 1. The summed E-state index contributed by atoms with van der Waals surface area (Å²) in [6, 6.07) is 15.2. The lowest BCUT2D eigenvalue weighted by atomic mass is 10.0. The summed E-state index contributed by atoms with van der Waals surface area (Å²) in [5.41, 5.74) is 3.02. The van der Waals surface area contributed by atoms with E-state index in [1.54, 1.807) is 6.07 Å². The first-order valence-corrected chi connectivity index (χ1v) is 10.6. The van der Waals surface area contributed by atoms with Gasteiger partial charge in [0.15, 0.2) is 0 Å². The van der Waals surface area contributed by atoms with Crippen LogP contribution in [0, 0.1) is 5.82 Å². The number of aryl methyl sites for hydroxylation is 1. The van der Waals surface area contributed by atoms with Crippen molar-refractivity contribution in [3.8, 4) is 0 Å². The van der Waals surface area contributed by atoms with Gasteiger partial charge in [0.05, 0.1) is 12.6 Å². The number of benzene rings is 2. The molecule has 0 aliphatic carbocycles. The van der Waals surface area contributed by atoms with Crippen LogP contribution in [-0.2, 0) is 22.5 Å². The van der Waals surface area contributed by atoms with Gasteiger partial charge in [0.1, 0.15) is 11.6 Å². The van der Waals surface area contributed by atoms with Crippen LogP contribution in [0.4, 0.5) is 4.39 Å². The fourth-order valence-electron chi connectivity index (χ4n) is 4.26. The smallest absolute Gasteiger partial charge is 0.133 e. The molecule has 0 N–H and O–H groups in total. The molecule has 3 nitrogen and oxygen atoms in total. The van der Waals surface area contributed by atoms with Crippen LogP contribution in [-0.4, -0.2) is 23.1 Å². The van der Waals surface area contributed by atoms with Gasteiger partial charge in [-0.15, -0.1) is 0 Å². The Morgan fingerprint density at radius 3 is 2.72 bits per heavy atom. The van der Waals surface area contributed by atoms with Gasteiger partial charge < -0.3 is 9.30 Å². The highest BCUT2D eigenvalue weighted by molar-refractivity contribution is 5.84. The van der Waals surface area contributed by atoms with Gasteiger partial charge in [0.25, 0.3) is 0 Å². The van der Waals surface area contributed by atoms with Crippen LogP contribution in [0.25, 0.3) is 10.9 Å². The second kappa shape index (κ2) is 9.36. The van der Waals surface area contributed by atoms with E-state index < -0.39 is 0 Å². The fraction of sp³-hybridized carbons (Fsp3) is 0.400. The summed E-state index contributed by atoms with van der Waals surface area (Å²) in [4.78, 5) is 12.2. The summed E-state index contributed by atoms with van der Waals surface area (Å²) < 4.78 is 21.8. The van der Waals surface area contributed by atoms with E-state index in [1.165, 1.54) is 17.0 Å². The maximum Gasteiger partial charge on any atom is 0.133 e. The summed E-state index contributed by atoms with van der Waals surface area (Å²) >= 11 is 0. The number of ketones is 1. The predicted molar refractivity (Wildman–Crippen MR) is 114 cm³/mol. The number of hydrogen-bond acceptors (Lipinski definition) is 2. The van der Waals surface area contributed by atoms with Gasteiger partial charge in [0.2, 0.25) is 0 Å². The average molecular weight is 394 g/mol. The summed E-state index contributed by atoms with van der Waals surface area (Å²) in [7, 11) is 0. The van der Waals surface area contributed by atoms with Gasteiger partial charge in [0, 0.05) is 42.1 Å². The number of aromatic nitrogens is 1. The zero-order valence-electron chi connectivity index (χ0n) is 16.8. The van der Waals surface area contributed by atoms with Gasteiger partial charge in [-0.2, -0.15) is 0 Å². The summed E-state index contributed by atoms with van der Waals surface area (Å²) in [6.45, 7) is 1.35. The van der Waals surface area contributed by atoms with E-state index in [1.807, 2.05) is 24.3 Å². The molecule has 4 rings (SSSR count). The molecule has 1 aromatic heterocycles. The molecule has 3 aromatic rings. The number of para-hydroxylation sites is 1. The van der Waals surface area contributed by atoms with Crippen LogP contribution < -0.4 is 0 Å². The molecule has 1 fully saturated rings. The third-order valence-electron chi connectivity index (χ3n) is 5.84. The second-order valence-electron chi connectivity index (χ2n) is 7.96. The van der Waals surface area contributed by atoms with Crippen molar-refractivity contribution >= 4 is 16.7 Å². The quantitative estimate of drug-likeness (QED) is 0.468. The van der Waals surface area contributed by atoms with Crippen molar-refractivity contribution in [3.63, 3.8) is 0 Å². The Morgan fingerprint density at radius 1 is 1.07 bits per heavy atom. The lowest BCUT2D eigenvalue weighted by Crippen LogP contribution is -2.08. The van der Waals surface area contributed by atoms with Crippen LogP contribution in [0.1, 0.15) is 49.7 Å². The zero-order chi connectivity index (χ0) is 20.1. The Hall–Kier alpha value is -2.46. The number of hydrogen-bond donors (Lipinski definition) is 0. The molecule has 1 aliphatic heterocycles. The van der Waals surface area contributed by atoms with Gasteiger partial charge in [-0.05, 0) is 49.8 Å². The molecule has 1 unspecified atom stereocenters. The third kappa shape index (κ3) is 4.94. The van der Waals surface area contributed by atoms with Crippen LogP contribution in [0.2, 0.25) is 0 Å². The van der Waals surface area contributed by atoms with Crippen LogP contribution in [0.15, 0.2) is 54.7 Å². The zero-order valence-corrected chi connectivity index (χ0v) is 16.8. The van der Waals surface area contributed by atoms with Crippen molar-refractivity contribution in [2.24, 2.45) is 0 Å². The minimum absolute atomic E-state index is 0.177. The molecule has 1 atom stereocenters. The highest BCUT2D eigenvalue weighted by Crippen LogP contribution is 2.25. The van der Waals surface area contributed by atoms with Crippen molar-refractivity contribution < 1.29 is 13.9 Å². The standard InChI is InChI=1S/C25H28FNO2/c26-24-12-3-1-7-20(24)18-27-17-19(23-11-2-4-13-25(23)27)8-5-9-21(28)14-15-22-10-6-16-29-22/h1-4,7,11-13,17,22H,5-6,8-10,14-16,18H2. The van der Waals surface area contributed by atoms with E-state index in [0.717, 1.165) is 44.2 Å². The molecular weight excluding hydrogens is 365 g/mol. The molecule has 2 heterocycles. The lowest BCUT2D eigenvalue weighted by Gasteiger charge is -2.08. The molecule has 2 aromatic carbocycles.